The molecule has 0 amide bonds. The van der Waals surface area contributed by atoms with Crippen molar-refractivity contribution in [2.45, 2.75) is 6.10 Å². The number of carbonyl (C=O) groups excluding carboxylic acids is 1. The van der Waals surface area contributed by atoms with Gasteiger partial charge in [0.25, 0.3) is 0 Å². The molecule has 4 aromatic rings. The molecule has 0 aliphatic carbocycles. The van der Waals surface area contributed by atoms with Crippen LogP contribution in [0.5, 0.6) is 0 Å². The lowest BCUT2D eigenvalue weighted by molar-refractivity contribution is 0.0754. The first-order valence-electron chi connectivity index (χ1n) is 6.90. The zero-order valence-corrected chi connectivity index (χ0v) is 12.3. The molecule has 0 saturated heterocycles. The van der Waals surface area contributed by atoms with Crippen LogP contribution < -0.4 is 0 Å². The molecular formula is C18H12O3S. The van der Waals surface area contributed by atoms with E-state index in [0.717, 1.165) is 21.1 Å². The predicted molar refractivity (Wildman–Crippen MR) is 87.3 cm³/mol. The number of hydrogen-bond acceptors (Lipinski definition) is 4. The van der Waals surface area contributed by atoms with Crippen LogP contribution in [0.1, 0.15) is 21.3 Å². The topological polar surface area (TPSA) is 50.4 Å². The Morgan fingerprint density at radius 3 is 2.77 bits per heavy atom. The van der Waals surface area contributed by atoms with Crippen LogP contribution in [0, 0.1) is 0 Å². The molecule has 1 unspecified atom stereocenters. The summed E-state index contributed by atoms with van der Waals surface area (Å²) in [7, 11) is 0. The first-order chi connectivity index (χ1) is 10.7. The number of rotatable bonds is 3. The van der Waals surface area contributed by atoms with Crippen molar-refractivity contribution in [3.8, 4) is 0 Å². The summed E-state index contributed by atoms with van der Waals surface area (Å²) in [5.74, 6) is -0.297. The standard InChI is InChI=1S/C18H12O3S/c19-17(13-5-6-14-11(9-13)7-8-21-14)18(20)16-10-12-3-1-2-4-15(12)22-16/h1-10,18,20H. The summed E-state index contributed by atoms with van der Waals surface area (Å²) in [6, 6.07) is 16.7. The molecule has 22 heavy (non-hydrogen) atoms. The van der Waals surface area contributed by atoms with E-state index in [-0.39, 0.29) is 5.78 Å². The highest BCUT2D eigenvalue weighted by molar-refractivity contribution is 7.19. The molecule has 2 heterocycles. The fourth-order valence-corrected chi connectivity index (χ4v) is 3.59. The molecule has 2 aromatic carbocycles. The third-order valence-electron chi connectivity index (χ3n) is 3.70. The van der Waals surface area contributed by atoms with E-state index in [0.29, 0.717) is 10.4 Å². The van der Waals surface area contributed by atoms with Crippen LogP contribution in [0.3, 0.4) is 0 Å². The predicted octanol–water partition coefficient (Wildman–Crippen LogP) is 4.56. The molecule has 0 bridgehead atoms. The van der Waals surface area contributed by atoms with Crippen LogP contribution in [0.15, 0.2) is 65.3 Å². The van der Waals surface area contributed by atoms with Crippen LogP contribution >= 0.6 is 11.3 Å². The number of carbonyl (C=O) groups is 1. The van der Waals surface area contributed by atoms with Gasteiger partial charge in [0, 0.05) is 20.5 Å². The molecule has 0 spiro atoms. The summed E-state index contributed by atoms with van der Waals surface area (Å²) in [6.45, 7) is 0. The average Bonchev–Trinajstić information content (AvgIpc) is 3.18. The Morgan fingerprint density at radius 1 is 1.05 bits per heavy atom. The van der Waals surface area contributed by atoms with Crippen molar-refractivity contribution >= 4 is 38.2 Å². The maximum atomic E-state index is 12.5. The summed E-state index contributed by atoms with van der Waals surface area (Å²) in [5.41, 5.74) is 1.21. The smallest absolute Gasteiger partial charge is 0.196 e. The number of benzene rings is 2. The second kappa shape index (κ2) is 5.09. The van der Waals surface area contributed by atoms with Gasteiger partial charge in [-0.3, -0.25) is 4.79 Å². The minimum absolute atomic E-state index is 0.297. The van der Waals surface area contributed by atoms with Gasteiger partial charge in [0.1, 0.15) is 5.58 Å². The quantitative estimate of drug-likeness (QED) is 0.564. The van der Waals surface area contributed by atoms with E-state index in [4.69, 9.17) is 4.42 Å². The van der Waals surface area contributed by atoms with E-state index < -0.39 is 6.10 Å². The van der Waals surface area contributed by atoms with E-state index in [1.165, 1.54) is 11.3 Å². The van der Waals surface area contributed by atoms with Crippen molar-refractivity contribution in [3.05, 3.63) is 71.3 Å². The minimum Gasteiger partial charge on any atom is -0.464 e. The highest BCUT2D eigenvalue weighted by atomic mass is 32.1. The van der Waals surface area contributed by atoms with Gasteiger partial charge in [0.2, 0.25) is 0 Å². The van der Waals surface area contributed by atoms with E-state index >= 15 is 0 Å². The SMILES string of the molecule is O=C(c1ccc2occc2c1)C(O)c1cc2ccccc2s1. The molecule has 108 valence electrons. The van der Waals surface area contributed by atoms with Gasteiger partial charge in [-0.05, 0) is 41.8 Å². The second-order valence-corrected chi connectivity index (χ2v) is 6.24. The first kappa shape index (κ1) is 13.2. The van der Waals surface area contributed by atoms with Crippen molar-refractivity contribution in [1.29, 1.82) is 0 Å². The van der Waals surface area contributed by atoms with Crippen molar-refractivity contribution in [2.75, 3.05) is 0 Å². The molecule has 1 N–H and O–H groups in total. The third-order valence-corrected chi connectivity index (χ3v) is 4.87. The van der Waals surface area contributed by atoms with Gasteiger partial charge >= 0.3 is 0 Å². The fourth-order valence-electron chi connectivity index (χ4n) is 2.54. The number of aliphatic hydroxyl groups excluding tert-OH is 1. The summed E-state index contributed by atoms with van der Waals surface area (Å²) in [5, 5.41) is 12.3. The van der Waals surface area contributed by atoms with E-state index in [1.54, 1.807) is 30.5 Å². The molecule has 0 radical (unpaired) electrons. The fraction of sp³-hybridized carbons (Fsp3) is 0.0556. The lowest BCUT2D eigenvalue weighted by Crippen LogP contribution is -2.10. The maximum Gasteiger partial charge on any atom is 0.196 e. The van der Waals surface area contributed by atoms with Gasteiger partial charge in [0.05, 0.1) is 6.26 Å². The first-order valence-corrected chi connectivity index (χ1v) is 7.72. The second-order valence-electron chi connectivity index (χ2n) is 5.13. The molecule has 0 fully saturated rings. The monoisotopic (exact) mass is 308 g/mol. The van der Waals surface area contributed by atoms with Crippen LogP contribution in [0.2, 0.25) is 0 Å². The molecule has 4 heteroatoms. The Morgan fingerprint density at radius 2 is 1.91 bits per heavy atom. The Balaban J connectivity index is 1.71. The van der Waals surface area contributed by atoms with Gasteiger partial charge in [-0.25, -0.2) is 0 Å². The minimum atomic E-state index is -1.14. The average molecular weight is 308 g/mol. The summed E-state index contributed by atoms with van der Waals surface area (Å²) in [6.07, 6.45) is 0.447. The number of ketones is 1. The Kier molecular flexibility index (Phi) is 3.06. The van der Waals surface area contributed by atoms with Gasteiger partial charge in [0.15, 0.2) is 11.9 Å². The Labute approximate surface area is 130 Å². The Hall–Kier alpha value is -2.43. The van der Waals surface area contributed by atoms with Gasteiger partial charge in [-0.2, -0.15) is 0 Å². The summed E-state index contributed by atoms with van der Waals surface area (Å²) >= 11 is 1.44. The molecule has 0 aliphatic rings. The summed E-state index contributed by atoms with van der Waals surface area (Å²) < 4.78 is 6.33. The lowest BCUT2D eigenvalue weighted by atomic mass is 10.0. The zero-order chi connectivity index (χ0) is 15.1. The van der Waals surface area contributed by atoms with Crippen molar-refractivity contribution in [1.82, 2.24) is 0 Å². The molecule has 4 rings (SSSR count). The van der Waals surface area contributed by atoms with E-state index in [1.807, 2.05) is 30.3 Å². The maximum absolute atomic E-state index is 12.5. The molecular weight excluding hydrogens is 296 g/mol. The number of Topliss-reactive ketones (excluding diaryl/α,β-unsaturated/α-hetero) is 1. The van der Waals surface area contributed by atoms with Gasteiger partial charge in [-0.15, -0.1) is 11.3 Å². The van der Waals surface area contributed by atoms with Crippen LogP contribution in [-0.2, 0) is 0 Å². The van der Waals surface area contributed by atoms with Gasteiger partial charge < -0.3 is 9.52 Å². The summed E-state index contributed by atoms with van der Waals surface area (Å²) in [4.78, 5) is 13.2. The third kappa shape index (κ3) is 2.13. The number of fused-ring (bicyclic) bond motifs is 2. The number of aliphatic hydroxyl groups is 1. The zero-order valence-electron chi connectivity index (χ0n) is 11.5. The van der Waals surface area contributed by atoms with Crippen LogP contribution in [0.25, 0.3) is 21.1 Å². The number of hydrogen-bond donors (Lipinski definition) is 1. The Bertz CT molecular complexity index is 947. The molecule has 0 saturated carbocycles. The highest BCUT2D eigenvalue weighted by Crippen LogP contribution is 2.31. The van der Waals surface area contributed by atoms with Crippen molar-refractivity contribution in [3.63, 3.8) is 0 Å². The van der Waals surface area contributed by atoms with E-state index in [9.17, 15) is 9.90 Å². The van der Waals surface area contributed by atoms with Crippen LogP contribution in [0.4, 0.5) is 0 Å². The molecule has 2 aromatic heterocycles. The number of furan rings is 1. The van der Waals surface area contributed by atoms with E-state index in [2.05, 4.69) is 0 Å². The van der Waals surface area contributed by atoms with Crippen molar-refractivity contribution < 1.29 is 14.3 Å². The number of thiophene rings is 1. The lowest BCUT2D eigenvalue weighted by Gasteiger charge is -2.07. The highest BCUT2D eigenvalue weighted by Gasteiger charge is 2.21. The molecule has 0 aliphatic heterocycles. The normalized spacial score (nSPS) is 12.8. The molecule has 1 atom stereocenters. The molecule has 3 nitrogen and oxygen atoms in total. The van der Waals surface area contributed by atoms with Crippen molar-refractivity contribution in [2.24, 2.45) is 0 Å². The van der Waals surface area contributed by atoms with Gasteiger partial charge in [-0.1, -0.05) is 18.2 Å². The largest absolute Gasteiger partial charge is 0.464 e. The van der Waals surface area contributed by atoms with Crippen LogP contribution in [-0.4, -0.2) is 10.9 Å².